The second-order valence-corrected chi connectivity index (χ2v) is 11.3. The summed E-state index contributed by atoms with van der Waals surface area (Å²) >= 11 is 4.88. The monoisotopic (exact) mass is 419 g/mol. The molecule has 3 aliphatic rings. The molecular formula is C12H25N3O3S5. The standard InChI is InChI=1S/C8H16N2OS3.C4H9NO2S2/c11-14(9-1-5-12-6-2-9)10-3-7-13-8-4-10;6-9(7)5-1-3-8-4-2-5/h1-8H2;9H,1-4H2. The highest BCUT2D eigenvalue weighted by atomic mass is 32.2. The maximum atomic E-state index is 12.1. The molecular weight excluding hydrogens is 394 g/mol. The van der Waals surface area contributed by atoms with Gasteiger partial charge in [-0.05, 0) is 0 Å². The molecule has 0 radical (unpaired) electrons. The van der Waals surface area contributed by atoms with Gasteiger partial charge < -0.3 is 4.55 Å². The first-order valence-corrected chi connectivity index (χ1v) is 13.4. The van der Waals surface area contributed by atoms with E-state index in [0.717, 1.165) is 60.7 Å². The van der Waals surface area contributed by atoms with E-state index < -0.39 is 22.4 Å². The lowest BCUT2D eigenvalue weighted by molar-refractivity contribution is 0.363. The van der Waals surface area contributed by atoms with Crippen LogP contribution in [0.25, 0.3) is 0 Å². The lowest BCUT2D eigenvalue weighted by Gasteiger charge is -2.34. The molecule has 3 fully saturated rings. The number of nitrogens with zero attached hydrogens (tertiary/aromatic N) is 3. The van der Waals surface area contributed by atoms with E-state index in [1.807, 2.05) is 23.5 Å². The van der Waals surface area contributed by atoms with Gasteiger partial charge in [0.2, 0.25) is 10.9 Å². The van der Waals surface area contributed by atoms with Crippen LogP contribution in [-0.4, -0.2) is 99.7 Å². The van der Waals surface area contributed by atoms with Gasteiger partial charge in [0.25, 0.3) is 0 Å². The fourth-order valence-corrected chi connectivity index (χ4v) is 7.57. The molecule has 0 N–H and O–H groups in total. The Labute approximate surface area is 157 Å². The summed E-state index contributed by atoms with van der Waals surface area (Å²) in [5.74, 6) is 6.43. The van der Waals surface area contributed by atoms with Crippen LogP contribution >= 0.6 is 35.3 Å². The van der Waals surface area contributed by atoms with Crippen LogP contribution < -0.4 is 0 Å². The molecule has 11 heteroatoms. The minimum atomic E-state index is -2.30. The molecule has 0 aromatic carbocycles. The fourth-order valence-electron chi connectivity index (χ4n) is 2.29. The predicted molar refractivity (Wildman–Crippen MR) is 105 cm³/mol. The molecule has 0 unspecified atom stereocenters. The molecule has 0 aromatic heterocycles. The lowest BCUT2D eigenvalue weighted by Crippen LogP contribution is -2.49. The van der Waals surface area contributed by atoms with Gasteiger partial charge in [-0.1, -0.05) is 0 Å². The number of thiol groups is 1. The SMILES string of the molecule is O=[SH](=O)N1CCSCC1.[O-][S+](N1CCSCC1)N1CCSCC1. The van der Waals surface area contributed by atoms with Gasteiger partial charge in [-0.25, -0.2) is 12.7 Å². The van der Waals surface area contributed by atoms with Crippen molar-refractivity contribution in [2.75, 3.05) is 73.8 Å². The first-order chi connectivity index (χ1) is 11.2. The molecule has 136 valence electrons. The van der Waals surface area contributed by atoms with Gasteiger partial charge in [-0.15, -0.1) is 8.61 Å². The van der Waals surface area contributed by atoms with Crippen molar-refractivity contribution in [1.29, 1.82) is 0 Å². The smallest absolute Gasteiger partial charge is 0.203 e. The summed E-state index contributed by atoms with van der Waals surface area (Å²) in [7, 11) is -2.30. The van der Waals surface area contributed by atoms with E-state index in [1.165, 1.54) is 4.31 Å². The normalized spacial score (nSPS) is 25.3. The lowest BCUT2D eigenvalue weighted by atomic mass is 10.6. The van der Waals surface area contributed by atoms with Crippen molar-refractivity contribution in [2.24, 2.45) is 0 Å². The highest BCUT2D eigenvalue weighted by molar-refractivity contribution is 8.00. The highest BCUT2D eigenvalue weighted by Crippen LogP contribution is 2.19. The van der Waals surface area contributed by atoms with Crippen LogP contribution in [0.3, 0.4) is 0 Å². The molecule has 0 bridgehead atoms. The van der Waals surface area contributed by atoms with Gasteiger partial charge in [-0.3, -0.25) is 0 Å². The second kappa shape index (κ2) is 11.7. The first kappa shape index (κ1) is 20.5. The van der Waals surface area contributed by atoms with Gasteiger partial charge in [0.15, 0.2) is 0 Å². The maximum Gasteiger partial charge on any atom is 0.203 e. The van der Waals surface area contributed by atoms with Gasteiger partial charge in [0.1, 0.15) is 11.5 Å². The summed E-state index contributed by atoms with van der Waals surface area (Å²) < 4.78 is 38.4. The van der Waals surface area contributed by atoms with Crippen LogP contribution in [0.5, 0.6) is 0 Å². The molecule has 0 aliphatic carbocycles. The van der Waals surface area contributed by atoms with Crippen molar-refractivity contribution in [3.63, 3.8) is 0 Å². The minimum Gasteiger partial charge on any atom is -0.578 e. The van der Waals surface area contributed by atoms with Gasteiger partial charge >= 0.3 is 0 Å². The van der Waals surface area contributed by atoms with Gasteiger partial charge in [0, 0.05) is 47.6 Å². The Bertz CT molecular complexity index is 371. The molecule has 0 atom stereocenters. The molecule has 0 spiro atoms. The first-order valence-electron chi connectivity index (χ1n) is 7.73. The van der Waals surface area contributed by atoms with Crippen LogP contribution in [-0.2, 0) is 22.4 Å². The summed E-state index contributed by atoms with van der Waals surface area (Å²) in [6, 6.07) is 0. The Kier molecular flexibility index (Phi) is 10.5. The van der Waals surface area contributed by atoms with Crippen molar-refractivity contribution in [3.8, 4) is 0 Å². The van der Waals surface area contributed by atoms with Crippen LogP contribution in [0, 0.1) is 0 Å². The van der Waals surface area contributed by atoms with E-state index in [0.29, 0.717) is 13.1 Å². The third kappa shape index (κ3) is 7.53. The third-order valence-corrected chi connectivity index (χ3v) is 8.90. The Morgan fingerprint density at radius 2 is 1.04 bits per heavy atom. The van der Waals surface area contributed by atoms with Crippen molar-refractivity contribution in [2.45, 2.75) is 0 Å². The fraction of sp³-hybridized carbons (Fsp3) is 1.00. The molecule has 6 nitrogen and oxygen atoms in total. The molecule has 23 heavy (non-hydrogen) atoms. The van der Waals surface area contributed by atoms with E-state index in [1.54, 1.807) is 11.8 Å². The molecule has 0 amide bonds. The largest absolute Gasteiger partial charge is 0.578 e. The Morgan fingerprint density at radius 1 is 0.696 bits per heavy atom. The molecule has 0 saturated carbocycles. The molecule has 3 saturated heterocycles. The number of hydrogen-bond acceptors (Lipinski definition) is 8. The summed E-state index contributed by atoms with van der Waals surface area (Å²) in [5.41, 5.74) is 0. The van der Waals surface area contributed by atoms with Crippen LogP contribution in [0.4, 0.5) is 0 Å². The van der Waals surface area contributed by atoms with Gasteiger partial charge in [0.05, 0.1) is 26.2 Å². The van der Waals surface area contributed by atoms with E-state index >= 15 is 0 Å². The second-order valence-electron chi connectivity index (χ2n) is 5.12. The van der Waals surface area contributed by atoms with E-state index in [-0.39, 0.29) is 0 Å². The molecule has 0 aromatic rings. The third-order valence-electron chi connectivity index (χ3n) is 3.60. The van der Waals surface area contributed by atoms with Crippen molar-refractivity contribution in [1.82, 2.24) is 12.9 Å². The zero-order valence-electron chi connectivity index (χ0n) is 13.1. The quantitative estimate of drug-likeness (QED) is 0.515. The van der Waals surface area contributed by atoms with E-state index in [9.17, 15) is 13.0 Å². The van der Waals surface area contributed by atoms with Crippen molar-refractivity contribution in [3.05, 3.63) is 0 Å². The van der Waals surface area contributed by atoms with Crippen LogP contribution in [0.2, 0.25) is 0 Å². The average Bonchev–Trinajstić information content (AvgIpc) is 2.64. The summed E-state index contributed by atoms with van der Waals surface area (Å²) in [4.78, 5) is 0. The summed E-state index contributed by atoms with van der Waals surface area (Å²) in [6.45, 7) is 5.34. The number of thioether (sulfide) groups is 3. The summed E-state index contributed by atoms with van der Waals surface area (Å²) in [6.07, 6.45) is 0. The number of rotatable bonds is 3. The summed E-state index contributed by atoms with van der Waals surface area (Å²) in [5, 5.41) is 0. The Balaban J connectivity index is 0.000000185. The average molecular weight is 420 g/mol. The zero-order chi connectivity index (χ0) is 16.5. The minimum absolute atomic E-state index is 0.698. The molecule has 3 aliphatic heterocycles. The van der Waals surface area contributed by atoms with E-state index in [4.69, 9.17) is 0 Å². The van der Waals surface area contributed by atoms with Crippen LogP contribution in [0.15, 0.2) is 0 Å². The zero-order valence-corrected chi connectivity index (χ0v) is 17.3. The van der Waals surface area contributed by atoms with Crippen molar-refractivity contribution < 1.29 is 13.0 Å². The van der Waals surface area contributed by atoms with Crippen molar-refractivity contribution >= 4 is 57.7 Å². The Hall–Kier alpha value is 1.19. The predicted octanol–water partition coefficient (Wildman–Crippen LogP) is 0.224. The molecule has 3 heterocycles. The highest BCUT2D eigenvalue weighted by Gasteiger charge is 2.30. The van der Waals surface area contributed by atoms with Gasteiger partial charge in [-0.2, -0.15) is 35.3 Å². The molecule has 3 rings (SSSR count). The maximum absolute atomic E-state index is 12.1. The van der Waals surface area contributed by atoms with E-state index in [2.05, 4.69) is 8.61 Å². The topological polar surface area (TPSA) is 66.9 Å². The number of hydrogen-bond donors (Lipinski definition) is 1. The van der Waals surface area contributed by atoms with Crippen LogP contribution in [0.1, 0.15) is 0 Å². The Morgan fingerprint density at radius 3 is 1.35 bits per heavy atom.